The molecule has 1 aromatic carbocycles. The van der Waals surface area contributed by atoms with Crippen LogP contribution in [0.5, 0.6) is 5.75 Å². The highest BCUT2D eigenvalue weighted by Crippen LogP contribution is 2.55. The Kier molecular flexibility index (Phi) is 7.41. The number of amides is 2. The van der Waals surface area contributed by atoms with Crippen LogP contribution < -0.4 is 16.4 Å². The summed E-state index contributed by atoms with van der Waals surface area (Å²) in [6, 6.07) is 0.698. The molecule has 15 heteroatoms. The number of nitrogens with two attached hydrogens (primary N) is 1. The van der Waals surface area contributed by atoms with Gasteiger partial charge in [0.15, 0.2) is 17.1 Å². The predicted molar refractivity (Wildman–Crippen MR) is 133 cm³/mol. The van der Waals surface area contributed by atoms with Crippen molar-refractivity contribution in [2.45, 2.75) is 38.5 Å². The van der Waals surface area contributed by atoms with Crippen molar-refractivity contribution in [1.29, 1.82) is 0 Å². The summed E-state index contributed by atoms with van der Waals surface area (Å²) in [4.78, 5) is 51.0. The Hall–Kier alpha value is -3.98. The Morgan fingerprint density at radius 1 is 1.20 bits per heavy atom. The number of anilines is 1. The number of aromatic hydroxyl groups is 1. The number of ketones is 2. The van der Waals surface area contributed by atoms with Crippen LogP contribution in [0.2, 0.25) is 0 Å². The van der Waals surface area contributed by atoms with E-state index in [1.165, 1.54) is 0 Å². The number of hydrogen-bond acceptors (Lipinski definition) is 9. The smallest absolute Gasteiger partial charge is 0.401 e. The van der Waals surface area contributed by atoms with E-state index >= 15 is 4.39 Å². The summed E-state index contributed by atoms with van der Waals surface area (Å²) < 4.78 is 52.2. The van der Waals surface area contributed by atoms with E-state index in [4.69, 9.17) is 5.73 Å². The fourth-order valence-electron chi connectivity index (χ4n) is 6.11. The first-order valence-corrected chi connectivity index (χ1v) is 12.5. The molecule has 41 heavy (non-hydrogen) atoms. The lowest BCUT2D eigenvalue weighted by Crippen LogP contribution is -2.62. The number of halogens is 4. The van der Waals surface area contributed by atoms with Gasteiger partial charge in [-0.3, -0.25) is 19.2 Å². The summed E-state index contributed by atoms with van der Waals surface area (Å²) in [7, 11) is 0. The maximum absolute atomic E-state index is 15.2. The van der Waals surface area contributed by atoms with E-state index in [0.29, 0.717) is 6.07 Å². The van der Waals surface area contributed by atoms with Crippen LogP contribution in [-0.4, -0.2) is 68.7 Å². The molecule has 0 spiro atoms. The van der Waals surface area contributed by atoms with Crippen molar-refractivity contribution in [1.82, 2.24) is 5.32 Å². The molecular formula is C26H27F4N3O8. The first-order valence-electron chi connectivity index (χ1n) is 12.5. The molecular weight excluding hydrogens is 558 g/mol. The van der Waals surface area contributed by atoms with Crippen LogP contribution >= 0.6 is 0 Å². The van der Waals surface area contributed by atoms with E-state index in [1.54, 1.807) is 13.8 Å². The second-order valence-electron chi connectivity index (χ2n) is 10.7. The second-order valence-corrected chi connectivity index (χ2v) is 10.7. The number of carbonyl (C=O) groups is 4. The van der Waals surface area contributed by atoms with E-state index in [-0.39, 0.29) is 18.4 Å². The van der Waals surface area contributed by atoms with E-state index in [2.05, 4.69) is 0 Å². The first-order chi connectivity index (χ1) is 18.9. The normalized spacial score (nSPS) is 26.1. The molecule has 2 amide bonds. The van der Waals surface area contributed by atoms with Gasteiger partial charge in [0, 0.05) is 29.0 Å². The zero-order valence-corrected chi connectivity index (χ0v) is 21.7. The van der Waals surface area contributed by atoms with Gasteiger partial charge in [0.2, 0.25) is 11.7 Å². The lowest BCUT2D eigenvalue weighted by atomic mass is 9.54. The van der Waals surface area contributed by atoms with Gasteiger partial charge in [-0.15, -0.1) is 0 Å². The fourth-order valence-corrected chi connectivity index (χ4v) is 6.11. The zero-order valence-electron chi connectivity index (χ0n) is 21.7. The van der Waals surface area contributed by atoms with Gasteiger partial charge in [-0.2, -0.15) is 13.2 Å². The maximum atomic E-state index is 15.2. The molecule has 3 aliphatic carbocycles. The van der Waals surface area contributed by atoms with Gasteiger partial charge < -0.3 is 36.8 Å². The third-order valence-electron chi connectivity index (χ3n) is 7.80. The first kappa shape index (κ1) is 30.0. The third kappa shape index (κ3) is 4.82. The summed E-state index contributed by atoms with van der Waals surface area (Å²) in [6.07, 6.45) is -5.12. The molecule has 0 aromatic heterocycles. The summed E-state index contributed by atoms with van der Waals surface area (Å²) >= 11 is 0. The van der Waals surface area contributed by atoms with Gasteiger partial charge in [-0.1, -0.05) is 13.8 Å². The number of aliphatic hydroxyl groups excluding tert-OH is 2. The Bertz CT molecular complexity index is 1430. The molecule has 2 unspecified atom stereocenters. The molecule has 4 rings (SSSR count). The number of phenols is 1. The van der Waals surface area contributed by atoms with Crippen LogP contribution in [0.25, 0.3) is 5.76 Å². The summed E-state index contributed by atoms with van der Waals surface area (Å²) in [5.41, 5.74) is -0.551. The SMILES string of the molecule is CC(C)C1C(=O)C(C(N)=O)=C(O)[C@@]2(O)C(=O)C3=C(O)c4c(O)c(NC(=O)CNCC(F)(F)F)cc(F)c4CC3C[C@@H]12. The number of phenolic OH excluding ortho intramolecular Hbond substituents is 1. The number of hydrogen-bond donors (Lipinski definition) is 7. The van der Waals surface area contributed by atoms with E-state index in [9.17, 15) is 52.8 Å². The Morgan fingerprint density at radius 3 is 2.39 bits per heavy atom. The molecule has 1 saturated carbocycles. The number of primary amides is 1. The largest absolute Gasteiger partial charge is 0.508 e. The number of carbonyl (C=O) groups excluding carboxylic acids is 4. The molecule has 0 saturated heterocycles. The molecule has 1 aromatic rings. The minimum absolute atomic E-state index is 0.213. The standard InChI is InChI=1S/C26H27F4N3O8/c1-8(2)15-11-4-9-3-10-12(27)5-13(33-14(34)6-32-7-25(28,29)30)19(35)17(10)21(37)16(9)22(38)26(11,41)23(39)18(20(15)36)24(31)40/h5,8-9,11,15,32,35,37,39,41H,3-4,6-7H2,1-2H3,(H2,31,40)(H,33,34)/t9?,11-,15?,26-/m0/s1. The van der Waals surface area contributed by atoms with E-state index in [0.717, 1.165) is 0 Å². The van der Waals surface area contributed by atoms with Gasteiger partial charge in [0.25, 0.3) is 5.91 Å². The minimum atomic E-state index is -4.60. The summed E-state index contributed by atoms with van der Waals surface area (Å²) in [5.74, 6) is -12.8. The van der Waals surface area contributed by atoms with Crippen LogP contribution in [0.4, 0.5) is 23.2 Å². The Balaban J connectivity index is 1.79. The number of fused-ring (bicyclic) bond motifs is 3. The minimum Gasteiger partial charge on any atom is -0.508 e. The van der Waals surface area contributed by atoms with Gasteiger partial charge in [-0.05, 0) is 24.7 Å². The molecule has 0 heterocycles. The van der Waals surface area contributed by atoms with Gasteiger partial charge in [0.05, 0.1) is 24.3 Å². The number of alkyl halides is 3. The quantitative estimate of drug-likeness (QED) is 0.147. The number of nitrogens with one attached hydrogen (secondary N) is 2. The number of benzene rings is 1. The molecule has 1 fully saturated rings. The molecule has 222 valence electrons. The molecule has 0 bridgehead atoms. The molecule has 8 N–H and O–H groups in total. The topological polar surface area (TPSA) is 199 Å². The van der Waals surface area contributed by atoms with Crippen LogP contribution in [0, 0.1) is 29.5 Å². The molecule has 3 aliphatic rings. The van der Waals surface area contributed by atoms with Gasteiger partial charge >= 0.3 is 6.18 Å². The highest BCUT2D eigenvalue weighted by molar-refractivity contribution is 6.23. The number of aliphatic hydroxyl groups is 3. The average Bonchev–Trinajstić information content (AvgIpc) is 2.83. The average molecular weight is 586 g/mol. The molecule has 0 radical (unpaired) electrons. The highest BCUT2D eigenvalue weighted by atomic mass is 19.4. The lowest BCUT2D eigenvalue weighted by Gasteiger charge is -2.50. The van der Waals surface area contributed by atoms with E-state index in [1.807, 2.05) is 10.6 Å². The van der Waals surface area contributed by atoms with Crippen molar-refractivity contribution in [3.63, 3.8) is 0 Å². The van der Waals surface area contributed by atoms with Crippen LogP contribution in [-0.2, 0) is 25.6 Å². The van der Waals surface area contributed by atoms with Crippen LogP contribution in [0.15, 0.2) is 23.0 Å². The van der Waals surface area contributed by atoms with Crippen molar-refractivity contribution in [2.24, 2.45) is 29.4 Å². The number of Topliss-reactive ketones (excluding diaryl/α,β-unsaturated/α-hetero) is 2. The summed E-state index contributed by atoms with van der Waals surface area (Å²) in [5, 5.41) is 48.2. The Labute approximate surface area is 229 Å². The molecule has 0 aliphatic heterocycles. The predicted octanol–water partition coefficient (Wildman–Crippen LogP) is 1.54. The van der Waals surface area contributed by atoms with Crippen molar-refractivity contribution in [3.8, 4) is 5.75 Å². The van der Waals surface area contributed by atoms with Crippen molar-refractivity contribution >= 4 is 34.8 Å². The highest BCUT2D eigenvalue weighted by Gasteiger charge is 2.64. The molecule has 4 atom stereocenters. The van der Waals surface area contributed by atoms with Gasteiger partial charge in [0.1, 0.15) is 22.9 Å². The Morgan fingerprint density at radius 2 is 1.83 bits per heavy atom. The maximum Gasteiger partial charge on any atom is 0.401 e. The van der Waals surface area contributed by atoms with Crippen LogP contribution in [0.3, 0.4) is 0 Å². The lowest BCUT2D eigenvalue weighted by molar-refractivity contribution is -0.155. The number of rotatable bonds is 6. The van der Waals surface area contributed by atoms with Gasteiger partial charge in [-0.25, -0.2) is 4.39 Å². The fraction of sp³-hybridized carbons (Fsp3) is 0.462. The van der Waals surface area contributed by atoms with Crippen molar-refractivity contribution in [3.05, 3.63) is 39.9 Å². The summed E-state index contributed by atoms with van der Waals surface area (Å²) in [6.45, 7) is 0.843. The molecule has 11 nitrogen and oxygen atoms in total. The van der Waals surface area contributed by atoms with Crippen molar-refractivity contribution in [2.75, 3.05) is 18.4 Å². The van der Waals surface area contributed by atoms with Crippen LogP contribution in [0.1, 0.15) is 31.4 Å². The second kappa shape index (κ2) is 10.1. The zero-order chi connectivity index (χ0) is 30.8. The van der Waals surface area contributed by atoms with Crippen molar-refractivity contribution < 1.29 is 57.2 Å². The third-order valence-corrected chi connectivity index (χ3v) is 7.80. The monoisotopic (exact) mass is 585 g/mol. The van der Waals surface area contributed by atoms with E-state index < -0.39 is 117 Å².